The predicted molar refractivity (Wildman–Crippen MR) is 75.2 cm³/mol. The molecule has 2 aromatic rings. The van der Waals surface area contributed by atoms with Gasteiger partial charge in [-0.15, -0.1) is 0 Å². The molecule has 17 heavy (non-hydrogen) atoms. The normalized spacial score (nSPS) is 14.9. The molecule has 0 bridgehead atoms. The lowest BCUT2D eigenvalue weighted by molar-refractivity contribution is 0.673. The molecule has 1 heterocycles. The lowest BCUT2D eigenvalue weighted by atomic mass is 9.93. The summed E-state index contributed by atoms with van der Waals surface area (Å²) in [6.45, 7) is 2.08. The van der Waals surface area contributed by atoms with Crippen molar-refractivity contribution in [2.45, 2.75) is 32.6 Å². The van der Waals surface area contributed by atoms with Gasteiger partial charge in [0.05, 0.1) is 5.52 Å². The summed E-state index contributed by atoms with van der Waals surface area (Å²) in [6, 6.07) is 4.19. The third-order valence-electron chi connectivity index (χ3n) is 3.61. The molecule has 1 aromatic heterocycles. The molecule has 1 aromatic carbocycles. The molecule has 0 radical (unpaired) electrons. The van der Waals surface area contributed by atoms with Crippen LogP contribution in [0.3, 0.4) is 0 Å². The third kappa shape index (κ3) is 1.64. The fourth-order valence-corrected chi connectivity index (χ4v) is 3.03. The SMILES string of the molecule is Cc1ccc2c(N)c3c(nc2c1Br)CCCC3. The van der Waals surface area contributed by atoms with Crippen molar-refractivity contribution < 1.29 is 0 Å². The van der Waals surface area contributed by atoms with Crippen LogP contribution < -0.4 is 5.73 Å². The summed E-state index contributed by atoms with van der Waals surface area (Å²) in [7, 11) is 0. The van der Waals surface area contributed by atoms with Crippen LogP contribution in [0.25, 0.3) is 10.9 Å². The molecule has 88 valence electrons. The van der Waals surface area contributed by atoms with Gasteiger partial charge in [0.15, 0.2) is 0 Å². The molecule has 0 atom stereocenters. The maximum atomic E-state index is 6.30. The van der Waals surface area contributed by atoms with Crippen LogP contribution in [0.2, 0.25) is 0 Å². The molecule has 3 rings (SSSR count). The molecule has 1 aliphatic rings. The van der Waals surface area contributed by atoms with E-state index in [1.165, 1.54) is 29.7 Å². The number of hydrogen-bond donors (Lipinski definition) is 1. The first-order valence-corrected chi connectivity index (χ1v) is 6.84. The van der Waals surface area contributed by atoms with E-state index in [0.717, 1.165) is 33.9 Å². The fourth-order valence-electron chi connectivity index (χ4n) is 2.59. The minimum absolute atomic E-state index is 0.936. The first-order valence-electron chi connectivity index (χ1n) is 6.04. The Kier molecular flexibility index (Phi) is 2.58. The zero-order chi connectivity index (χ0) is 12.0. The molecule has 0 unspecified atom stereocenters. The third-order valence-corrected chi connectivity index (χ3v) is 4.61. The number of nitrogens with zero attached hydrogens (tertiary/aromatic N) is 1. The summed E-state index contributed by atoms with van der Waals surface area (Å²) in [4.78, 5) is 4.81. The first kappa shape index (κ1) is 11.0. The predicted octanol–water partition coefficient (Wildman–Crippen LogP) is 3.77. The summed E-state index contributed by atoms with van der Waals surface area (Å²) in [6.07, 6.45) is 4.61. The molecular weight excluding hydrogens is 276 g/mol. The highest BCUT2D eigenvalue weighted by Crippen LogP contribution is 2.35. The van der Waals surface area contributed by atoms with Crippen molar-refractivity contribution in [3.8, 4) is 0 Å². The van der Waals surface area contributed by atoms with E-state index in [2.05, 4.69) is 35.0 Å². The van der Waals surface area contributed by atoms with Gasteiger partial charge in [0.25, 0.3) is 0 Å². The number of anilines is 1. The minimum Gasteiger partial charge on any atom is -0.398 e. The van der Waals surface area contributed by atoms with E-state index < -0.39 is 0 Å². The van der Waals surface area contributed by atoms with Crippen LogP contribution in [-0.2, 0) is 12.8 Å². The van der Waals surface area contributed by atoms with Gasteiger partial charge in [0.2, 0.25) is 0 Å². The number of rotatable bonds is 0. The lowest BCUT2D eigenvalue weighted by Gasteiger charge is -2.19. The summed E-state index contributed by atoms with van der Waals surface area (Å²) < 4.78 is 1.08. The number of aryl methyl sites for hydroxylation is 2. The Morgan fingerprint density at radius 3 is 2.82 bits per heavy atom. The topological polar surface area (TPSA) is 38.9 Å². The maximum Gasteiger partial charge on any atom is 0.0870 e. The zero-order valence-electron chi connectivity index (χ0n) is 9.89. The molecule has 0 spiro atoms. The van der Waals surface area contributed by atoms with Crippen LogP contribution in [0.4, 0.5) is 5.69 Å². The minimum atomic E-state index is 0.936. The van der Waals surface area contributed by atoms with Crippen molar-refractivity contribution in [2.24, 2.45) is 0 Å². The summed E-state index contributed by atoms with van der Waals surface area (Å²) in [5, 5.41) is 1.09. The van der Waals surface area contributed by atoms with Gasteiger partial charge in [0.1, 0.15) is 0 Å². The second kappa shape index (κ2) is 3.98. The Labute approximate surface area is 109 Å². The molecule has 1 aliphatic carbocycles. The fraction of sp³-hybridized carbons (Fsp3) is 0.357. The van der Waals surface area contributed by atoms with Gasteiger partial charge >= 0.3 is 0 Å². The summed E-state index contributed by atoms with van der Waals surface area (Å²) >= 11 is 3.62. The molecule has 2 N–H and O–H groups in total. The molecule has 0 aliphatic heterocycles. The van der Waals surface area contributed by atoms with Crippen molar-refractivity contribution in [3.05, 3.63) is 33.4 Å². The van der Waals surface area contributed by atoms with E-state index in [1.54, 1.807) is 0 Å². The largest absolute Gasteiger partial charge is 0.398 e. The Bertz CT molecular complexity index is 605. The van der Waals surface area contributed by atoms with Crippen LogP contribution >= 0.6 is 15.9 Å². The van der Waals surface area contributed by atoms with E-state index >= 15 is 0 Å². The number of aromatic nitrogens is 1. The lowest BCUT2D eigenvalue weighted by Crippen LogP contribution is -2.09. The number of fused-ring (bicyclic) bond motifs is 2. The molecule has 0 fully saturated rings. The van der Waals surface area contributed by atoms with Crippen LogP contribution in [0.15, 0.2) is 16.6 Å². The Morgan fingerprint density at radius 1 is 1.24 bits per heavy atom. The highest BCUT2D eigenvalue weighted by atomic mass is 79.9. The standard InChI is InChI=1S/C14H15BrN2/c1-8-6-7-10-13(16)9-4-2-3-5-11(9)17-14(10)12(8)15/h6-7H,2-5H2,1H3,(H2,16,17). The Hall–Kier alpha value is -1.09. The van der Waals surface area contributed by atoms with Gasteiger partial charge in [0, 0.05) is 21.2 Å². The van der Waals surface area contributed by atoms with Gasteiger partial charge in [-0.2, -0.15) is 0 Å². The van der Waals surface area contributed by atoms with E-state index in [9.17, 15) is 0 Å². The number of pyridine rings is 1. The van der Waals surface area contributed by atoms with E-state index in [-0.39, 0.29) is 0 Å². The van der Waals surface area contributed by atoms with Crippen LogP contribution in [0.5, 0.6) is 0 Å². The molecule has 3 heteroatoms. The van der Waals surface area contributed by atoms with E-state index in [0.29, 0.717) is 0 Å². The van der Waals surface area contributed by atoms with Crippen molar-refractivity contribution >= 4 is 32.5 Å². The highest BCUT2D eigenvalue weighted by molar-refractivity contribution is 9.10. The van der Waals surface area contributed by atoms with Crippen molar-refractivity contribution in [1.82, 2.24) is 4.98 Å². The maximum absolute atomic E-state index is 6.30. The molecule has 0 saturated carbocycles. The molecular formula is C14H15BrN2. The van der Waals surface area contributed by atoms with Crippen molar-refractivity contribution in [1.29, 1.82) is 0 Å². The van der Waals surface area contributed by atoms with Gasteiger partial charge in [-0.25, -0.2) is 0 Å². The summed E-state index contributed by atoms with van der Waals surface area (Å²) in [5.74, 6) is 0. The van der Waals surface area contributed by atoms with Gasteiger partial charge in [-0.1, -0.05) is 12.1 Å². The van der Waals surface area contributed by atoms with E-state index in [4.69, 9.17) is 10.7 Å². The number of nitrogens with two attached hydrogens (primary N) is 1. The van der Waals surface area contributed by atoms with Crippen LogP contribution in [0, 0.1) is 6.92 Å². The monoisotopic (exact) mass is 290 g/mol. The average molecular weight is 291 g/mol. The second-order valence-electron chi connectivity index (χ2n) is 4.75. The number of halogens is 1. The zero-order valence-corrected chi connectivity index (χ0v) is 11.5. The smallest absolute Gasteiger partial charge is 0.0870 e. The molecule has 0 amide bonds. The number of benzene rings is 1. The van der Waals surface area contributed by atoms with Gasteiger partial charge < -0.3 is 5.73 Å². The number of hydrogen-bond acceptors (Lipinski definition) is 2. The second-order valence-corrected chi connectivity index (χ2v) is 5.54. The Balaban J connectivity index is 2.40. The van der Waals surface area contributed by atoms with Crippen molar-refractivity contribution in [3.63, 3.8) is 0 Å². The first-order chi connectivity index (χ1) is 8.18. The van der Waals surface area contributed by atoms with Gasteiger partial charge in [-0.05, 0) is 59.7 Å². The molecule has 0 saturated heterocycles. The highest BCUT2D eigenvalue weighted by Gasteiger charge is 2.17. The van der Waals surface area contributed by atoms with Crippen molar-refractivity contribution in [2.75, 3.05) is 5.73 Å². The molecule has 2 nitrogen and oxygen atoms in total. The average Bonchev–Trinajstić information content (AvgIpc) is 2.35. The summed E-state index contributed by atoms with van der Waals surface area (Å²) in [5.41, 5.74) is 11.9. The van der Waals surface area contributed by atoms with Crippen LogP contribution in [-0.4, -0.2) is 4.98 Å². The van der Waals surface area contributed by atoms with E-state index in [1.807, 2.05) is 0 Å². The quantitative estimate of drug-likeness (QED) is 0.802. The van der Waals surface area contributed by atoms with Crippen LogP contribution in [0.1, 0.15) is 29.7 Å². The van der Waals surface area contributed by atoms with Gasteiger partial charge in [-0.3, -0.25) is 4.98 Å². The number of nitrogen functional groups attached to an aromatic ring is 1. The Morgan fingerprint density at radius 2 is 2.00 bits per heavy atom.